The molecule has 0 bridgehead atoms. The smallest absolute Gasteiger partial charge is 0.145 e. The third-order valence-corrected chi connectivity index (χ3v) is 3.44. The first-order valence-electron chi connectivity index (χ1n) is 5.47. The minimum atomic E-state index is 0.528. The van der Waals surface area contributed by atoms with Crippen LogP contribution in [0.1, 0.15) is 6.92 Å². The van der Waals surface area contributed by atoms with Crippen LogP contribution in [0.4, 0.5) is 5.82 Å². The molecule has 2 nitrogen and oxygen atoms in total. The second-order valence-corrected chi connectivity index (χ2v) is 5.42. The zero-order valence-electron chi connectivity index (χ0n) is 9.67. The third-order valence-electron chi connectivity index (χ3n) is 2.37. The Labute approximate surface area is 124 Å². The number of hydrogen-bond acceptors (Lipinski definition) is 2. The van der Waals surface area contributed by atoms with Crippen LogP contribution in [0.2, 0.25) is 10.0 Å². The molecule has 0 aliphatic carbocycles. The van der Waals surface area contributed by atoms with E-state index in [4.69, 9.17) is 23.2 Å². The number of nitrogens with zero attached hydrogens (tertiary/aromatic N) is 1. The summed E-state index contributed by atoms with van der Waals surface area (Å²) in [7, 11) is 0. The van der Waals surface area contributed by atoms with E-state index in [1.165, 1.54) is 0 Å². The van der Waals surface area contributed by atoms with E-state index in [0.29, 0.717) is 15.9 Å². The average Bonchev–Trinajstić information content (AvgIpc) is 2.33. The highest BCUT2D eigenvalue weighted by Gasteiger charge is 2.10. The number of pyridine rings is 1. The third kappa shape index (κ3) is 2.97. The fourth-order valence-electron chi connectivity index (χ4n) is 1.60. The van der Waals surface area contributed by atoms with Crippen LogP contribution in [-0.2, 0) is 0 Å². The van der Waals surface area contributed by atoms with Gasteiger partial charge < -0.3 is 5.32 Å². The number of halogens is 3. The summed E-state index contributed by atoms with van der Waals surface area (Å²) in [6, 6.07) is 9.54. The van der Waals surface area contributed by atoms with E-state index in [1.807, 2.05) is 31.2 Å². The van der Waals surface area contributed by atoms with Gasteiger partial charge in [-0.05, 0) is 25.1 Å². The summed E-state index contributed by atoms with van der Waals surface area (Å²) in [5, 5.41) is 4.18. The van der Waals surface area contributed by atoms with Crippen molar-refractivity contribution in [2.75, 3.05) is 11.9 Å². The van der Waals surface area contributed by atoms with E-state index in [2.05, 4.69) is 26.2 Å². The minimum Gasteiger partial charge on any atom is -0.369 e. The normalized spacial score (nSPS) is 10.4. The van der Waals surface area contributed by atoms with Gasteiger partial charge in [0, 0.05) is 16.6 Å². The second kappa shape index (κ2) is 5.91. The number of aromatic nitrogens is 1. The van der Waals surface area contributed by atoms with Crippen molar-refractivity contribution in [3.63, 3.8) is 0 Å². The van der Waals surface area contributed by atoms with Crippen molar-refractivity contribution >= 4 is 44.9 Å². The predicted octanol–water partition coefficient (Wildman–Crippen LogP) is 5.25. The molecule has 0 radical (unpaired) electrons. The van der Waals surface area contributed by atoms with Gasteiger partial charge >= 0.3 is 0 Å². The number of benzene rings is 1. The number of anilines is 1. The fourth-order valence-corrected chi connectivity index (χ4v) is 2.53. The van der Waals surface area contributed by atoms with Crippen LogP contribution in [-0.4, -0.2) is 11.5 Å². The summed E-state index contributed by atoms with van der Waals surface area (Å²) in [4.78, 5) is 4.48. The highest BCUT2D eigenvalue weighted by atomic mass is 79.9. The number of hydrogen-bond donors (Lipinski definition) is 1. The Balaban J connectivity index is 2.53. The molecule has 1 N–H and O–H groups in total. The van der Waals surface area contributed by atoms with Gasteiger partial charge in [0.05, 0.1) is 15.7 Å². The van der Waals surface area contributed by atoms with Gasteiger partial charge in [-0.15, -0.1) is 0 Å². The zero-order valence-corrected chi connectivity index (χ0v) is 12.8. The molecular formula is C13H11BrCl2N2. The molecule has 0 atom stereocenters. The number of nitrogens with one attached hydrogen (secondary N) is 1. The largest absolute Gasteiger partial charge is 0.369 e. The molecule has 0 saturated carbocycles. The Morgan fingerprint density at radius 1 is 1.22 bits per heavy atom. The molecule has 1 heterocycles. The highest BCUT2D eigenvalue weighted by Crippen LogP contribution is 2.33. The first-order valence-corrected chi connectivity index (χ1v) is 7.02. The molecule has 94 valence electrons. The second-order valence-electron chi connectivity index (χ2n) is 3.69. The van der Waals surface area contributed by atoms with Crippen molar-refractivity contribution in [1.82, 2.24) is 4.98 Å². The Bertz CT molecular complexity index is 573. The molecule has 1 aromatic carbocycles. The minimum absolute atomic E-state index is 0.528. The monoisotopic (exact) mass is 344 g/mol. The summed E-state index contributed by atoms with van der Waals surface area (Å²) in [6.07, 6.45) is 0. The Hall–Kier alpha value is -0.770. The molecule has 0 amide bonds. The van der Waals surface area contributed by atoms with E-state index in [-0.39, 0.29) is 0 Å². The van der Waals surface area contributed by atoms with Crippen molar-refractivity contribution in [3.8, 4) is 11.3 Å². The van der Waals surface area contributed by atoms with Gasteiger partial charge in [0.15, 0.2) is 0 Å². The van der Waals surface area contributed by atoms with E-state index in [0.717, 1.165) is 22.3 Å². The van der Waals surface area contributed by atoms with E-state index >= 15 is 0 Å². The van der Waals surface area contributed by atoms with Crippen LogP contribution >= 0.6 is 39.1 Å². The van der Waals surface area contributed by atoms with Gasteiger partial charge in [0.25, 0.3) is 0 Å². The molecule has 2 rings (SSSR count). The van der Waals surface area contributed by atoms with Gasteiger partial charge in [-0.25, -0.2) is 4.98 Å². The lowest BCUT2D eigenvalue weighted by Crippen LogP contribution is -2.01. The molecule has 2 aromatic rings. The fraction of sp³-hybridized carbons (Fsp3) is 0.154. The van der Waals surface area contributed by atoms with Gasteiger partial charge in [0.1, 0.15) is 5.82 Å². The molecule has 0 spiro atoms. The van der Waals surface area contributed by atoms with Crippen LogP contribution in [0.25, 0.3) is 11.3 Å². The zero-order chi connectivity index (χ0) is 13.1. The van der Waals surface area contributed by atoms with Crippen LogP contribution in [0, 0.1) is 0 Å². The maximum Gasteiger partial charge on any atom is 0.145 e. The highest BCUT2D eigenvalue weighted by molar-refractivity contribution is 9.10. The first-order chi connectivity index (χ1) is 8.61. The maximum atomic E-state index is 6.20. The standard InChI is InChI=1S/C13H11BrCl2N2/c1-2-17-13-11(16)7-10(15)12(18-13)8-4-3-5-9(14)6-8/h3-7H,2H2,1H3,(H,17,18). The van der Waals surface area contributed by atoms with Crippen LogP contribution in [0.5, 0.6) is 0 Å². The topological polar surface area (TPSA) is 24.9 Å². The summed E-state index contributed by atoms with van der Waals surface area (Å²) >= 11 is 15.7. The lowest BCUT2D eigenvalue weighted by molar-refractivity contribution is 1.16. The van der Waals surface area contributed by atoms with Gasteiger partial charge in [0.2, 0.25) is 0 Å². The first kappa shape index (κ1) is 13.7. The van der Waals surface area contributed by atoms with Crippen LogP contribution in [0.3, 0.4) is 0 Å². The summed E-state index contributed by atoms with van der Waals surface area (Å²) < 4.78 is 0.984. The van der Waals surface area contributed by atoms with Crippen molar-refractivity contribution in [1.29, 1.82) is 0 Å². The van der Waals surface area contributed by atoms with Gasteiger partial charge in [-0.3, -0.25) is 0 Å². The molecule has 0 aliphatic rings. The summed E-state index contributed by atoms with van der Waals surface area (Å²) in [6.45, 7) is 2.75. The van der Waals surface area contributed by atoms with Crippen LogP contribution in [0.15, 0.2) is 34.8 Å². The Morgan fingerprint density at radius 2 is 2.00 bits per heavy atom. The lowest BCUT2D eigenvalue weighted by Gasteiger charge is -2.10. The van der Waals surface area contributed by atoms with Gasteiger partial charge in [-0.1, -0.05) is 51.3 Å². The average molecular weight is 346 g/mol. The van der Waals surface area contributed by atoms with Gasteiger partial charge in [-0.2, -0.15) is 0 Å². The number of rotatable bonds is 3. The predicted molar refractivity (Wildman–Crippen MR) is 81.6 cm³/mol. The molecule has 0 fully saturated rings. The Kier molecular flexibility index (Phi) is 4.49. The molecule has 0 saturated heterocycles. The van der Waals surface area contributed by atoms with Crippen molar-refractivity contribution in [3.05, 3.63) is 44.8 Å². The van der Waals surface area contributed by atoms with Crippen molar-refractivity contribution < 1.29 is 0 Å². The molecule has 18 heavy (non-hydrogen) atoms. The molecule has 1 aromatic heterocycles. The molecular weight excluding hydrogens is 335 g/mol. The summed E-state index contributed by atoms with van der Waals surface area (Å²) in [5.41, 5.74) is 1.67. The molecule has 0 aliphatic heterocycles. The summed E-state index contributed by atoms with van der Waals surface area (Å²) in [5.74, 6) is 0.651. The molecule has 0 unspecified atom stereocenters. The molecule has 5 heteroatoms. The van der Waals surface area contributed by atoms with Crippen molar-refractivity contribution in [2.24, 2.45) is 0 Å². The van der Waals surface area contributed by atoms with E-state index in [1.54, 1.807) is 6.07 Å². The Morgan fingerprint density at radius 3 is 2.67 bits per heavy atom. The lowest BCUT2D eigenvalue weighted by atomic mass is 10.1. The maximum absolute atomic E-state index is 6.20. The van der Waals surface area contributed by atoms with Crippen LogP contribution < -0.4 is 5.32 Å². The van der Waals surface area contributed by atoms with E-state index in [9.17, 15) is 0 Å². The quantitative estimate of drug-likeness (QED) is 0.821. The van der Waals surface area contributed by atoms with Crippen molar-refractivity contribution in [2.45, 2.75) is 6.92 Å². The van der Waals surface area contributed by atoms with E-state index < -0.39 is 0 Å². The SMILES string of the molecule is CCNc1nc(-c2cccc(Br)c2)c(Cl)cc1Cl.